The van der Waals surface area contributed by atoms with Gasteiger partial charge in [-0.25, -0.2) is 4.98 Å². The summed E-state index contributed by atoms with van der Waals surface area (Å²) in [6, 6.07) is 3.78. The molecule has 2 rings (SSSR count). The second-order valence-corrected chi connectivity index (χ2v) is 4.52. The molecular weight excluding hydrogens is 303 g/mol. The normalized spacial score (nSPS) is 20.4. The lowest BCUT2D eigenvalue weighted by Gasteiger charge is -2.15. The number of aromatic nitrogens is 1. The number of nitrogens with zero attached hydrogens (tertiary/aromatic N) is 2. The lowest BCUT2D eigenvalue weighted by Crippen LogP contribution is -2.24. The van der Waals surface area contributed by atoms with Crippen LogP contribution in [0.4, 0.5) is 5.69 Å². The molecule has 0 radical (unpaired) electrons. The molecule has 1 aliphatic rings. The first-order valence-corrected chi connectivity index (χ1v) is 5.66. The quantitative estimate of drug-likeness (QED) is 0.449. The highest BCUT2D eigenvalue weighted by molar-refractivity contribution is 14.1. The van der Waals surface area contributed by atoms with Crippen LogP contribution in [0.25, 0.3) is 0 Å². The second-order valence-electron chi connectivity index (χ2n) is 3.41. The number of hydrogen-bond donors (Lipinski definition) is 0. The van der Waals surface area contributed by atoms with E-state index in [1.54, 1.807) is 11.1 Å². The Balaban J connectivity index is 2.22. The molecule has 0 saturated carbocycles. The SMILES string of the molecule is C#CC1CC(=O)N(c2ccc(I)nc2)C1. The van der Waals surface area contributed by atoms with E-state index in [1.807, 2.05) is 12.1 Å². The Morgan fingerprint density at radius 1 is 1.60 bits per heavy atom. The Bertz CT molecular complexity index is 421. The third-order valence-electron chi connectivity index (χ3n) is 2.38. The Morgan fingerprint density at radius 3 is 2.93 bits per heavy atom. The van der Waals surface area contributed by atoms with Gasteiger partial charge < -0.3 is 4.90 Å². The molecule has 1 fully saturated rings. The number of rotatable bonds is 1. The Kier molecular flexibility index (Phi) is 2.91. The van der Waals surface area contributed by atoms with Crippen molar-refractivity contribution in [2.45, 2.75) is 6.42 Å². The molecule has 76 valence electrons. The van der Waals surface area contributed by atoms with Crippen LogP contribution in [0.1, 0.15) is 6.42 Å². The van der Waals surface area contributed by atoms with Gasteiger partial charge in [-0.3, -0.25) is 4.79 Å². The van der Waals surface area contributed by atoms with Crippen LogP contribution in [0.15, 0.2) is 18.3 Å². The van der Waals surface area contributed by atoms with Gasteiger partial charge in [-0.1, -0.05) is 0 Å². The molecule has 1 atom stereocenters. The largest absolute Gasteiger partial charge is 0.310 e. The monoisotopic (exact) mass is 312 g/mol. The summed E-state index contributed by atoms with van der Waals surface area (Å²) in [6.45, 7) is 0.609. The van der Waals surface area contributed by atoms with Gasteiger partial charge in [-0.15, -0.1) is 12.3 Å². The van der Waals surface area contributed by atoms with Crippen molar-refractivity contribution in [3.63, 3.8) is 0 Å². The minimum Gasteiger partial charge on any atom is -0.310 e. The van der Waals surface area contributed by atoms with E-state index in [9.17, 15) is 4.79 Å². The predicted molar refractivity (Wildman–Crippen MR) is 66.2 cm³/mol. The Labute approximate surface area is 102 Å². The van der Waals surface area contributed by atoms with Crippen molar-refractivity contribution in [3.8, 4) is 12.3 Å². The summed E-state index contributed by atoms with van der Waals surface area (Å²) in [7, 11) is 0. The number of carbonyl (C=O) groups is 1. The van der Waals surface area contributed by atoms with Crippen molar-refractivity contribution in [1.82, 2.24) is 4.98 Å². The van der Waals surface area contributed by atoms with Crippen molar-refractivity contribution in [3.05, 3.63) is 22.0 Å². The highest BCUT2D eigenvalue weighted by Gasteiger charge is 2.29. The van der Waals surface area contributed by atoms with Gasteiger partial charge in [0, 0.05) is 18.9 Å². The lowest BCUT2D eigenvalue weighted by atomic mass is 10.1. The molecule has 0 aliphatic carbocycles. The predicted octanol–water partition coefficient (Wildman–Crippen LogP) is 1.67. The summed E-state index contributed by atoms with van der Waals surface area (Å²) < 4.78 is 0.913. The minimum absolute atomic E-state index is 0.0387. The molecule has 1 aromatic rings. The van der Waals surface area contributed by atoms with Crippen molar-refractivity contribution in [2.75, 3.05) is 11.4 Å². The maximum Gasteiger partial charge on any atom is 0.228 e. The maximum atomic E-state index is 11.6. The van der Waals surface area contributed by atoms with Gasteiger partial charge in [0.05, 0.1) is 11.9 Å². The van der Waals surface area contributed by atoms with Crippen LogP contribution in [0.2, 0.25) is 0 Å². The number of amides is 1. The van der Waals surface area contributed by atoms with E-state index in [0.717, 1.165) is 9.39 Å². The number of pyridine rings is 1. The van der Waals surface area contributed by atoms with Crippen molar-refractivity contribution in [1.29, 1.82) is 0 Å². The van der Waals surface area contributed by atoms with Crippen LogP contribution in [0.5, 0.6) is 0 Å². The molecule has 4 heteroatoms. The van der Waals surface area contributed by atoms with Crippen molar-refractivity contribution in [2.24, 2.45) is 5.92 Å². The fourth-order valence-corrected chi connectivity index (χ4v) is 1.92. The summed E-state index contributed by atoms with van der Waals surface area (Å²) >= 11 is 2.13. The highest BCUT2D eigenvalue weighted by Crippen LogP contribution is 2.24. The minimum atomic E-state index is 0.0387. The first kappa shape index (κ1) is 10.4. The third-order valence-corrected chi connectivity index (χ3v) is 3.02. The molecule has 2 heterocycles. The molecule has 15 heavy (non-hydrogen) atoms. The van der Waals surface area contributed by atoms with Crippen LogP contribution in [0, 0.1) is 22.0 Å². The van der Waals surface area contributed by atoms with Crippen LogP contribution >= 0.6 is 22.6 Å². The van der Waals surface area contributed by atoms with E-state index in [4.69, 9.17) is 6.42 Å². The molecule has 0 aromatic carbocycles. The number of halogens is 1. The maximum absolute atomic E-state index is 11.6. The molecule has 0 spiro atoms. The van der Waals surface area contributed by atoms with Crippen LogP contribution in [-0.2, 0) is 4.79 Å². The Morgan fingerprint density at radius 2 is 2.40 bits per heavy atom. The van der Waals surface area contributed by atoms with E-state index >= 15 is 0 Å². The zero-order valence-corrected chi connectivity index (χ0v) is 10.1. The first-order valence-electron chi connectivity index (χ1n) is 4.59. The van der Waals surface area contributed by atoms with Gasteiger partial charge >= 0.3 is 0 Å². The molecule has 1 amide bonds. The Hall–Kier alpha value is -1.09. The van der Waals surface area contributed by atoms with Gasteiger partial charge in [-0.05, 0) is 34.7 Å². The zero-order chi connectivity index (χ0) is 10.8. The van der Waals surface area contributed by atoms with Crippen molar-refractivity contribution < 1.29 is 4.79 Å². The van der Waals surface area contributed by atoms with Gasteiger partial charge in [-0.2, -0.15) is 0 Å². The zero-order valence-electron chi connectivity index (χ0n) is 7.98. The molecule has 1 unspecified atom stereocenters. The molecule has 3 nitrogen and oxygen atoms in total. The number of terminal acetylenes is 1. The molecule has 1 aliphatic heterocycles. The van der Waals surface area contributed by atoms with E-state index in [0.29, 0.717) is 13.0 Å². The summed E-state index contributed by atoms with van der Waals surface area (Å²) in [5.74, 6) is 2.74. The van der Waals surface area contributed by atoms with Crippen molar-refractivity contribution >= 4 is 34.2 Å². The van der Waals surface area contributed by atoms with Gasteiger partial charge in [0.15, 0.2) is 0 Å². The summed E-state index contributed by atoms with van der Waals surface area (Å²) in [6.07, 6.45) is 7.47. The average Bonchev–Trinajstić information content (AvgIpc) is 2.61. The standard InChI is InChI=1S/C11H9IN2O/c1-2-8-5-11(15)14(7-8)9-3-4-10(12)13-6-9/h1,3-4,6,8H,5,7H2. The highest BCUT2D eigenvalue weighted by atomic mass is 127. The van der Waals surface area contributed by atoms with E-state index in [2.05, 4.69) is 33.5 Å². The summed E-state index contributed by atoms with van der Waals surface area (Å²) in [4.78, 5) is 17.5. The average molecular weight is 312 g/mol. The molecule has 0 bridgehead atoms. The number of hydrogen-bond acceptors (Lipinski definition) is 2. The summed E-state index contributed by atoms with van der Waals surface area (Å²) in [5, 5.41) is 0. The molecule has 1 aromatic heterocycles. The molecule has 1 saturated heterocycles. The van der Waals surface area contributed by atoms with Crippen LogP contribution < -0.4 is 4.90 Å². The van der Waals surface area contributed by atoms with E-state index in [-0.39, 0.29) is 11.8 Å². The van der Waals surface area contributed by atoms with Gasteiger partial charge in [0.2, 0.25) is 5.91 Å². The lowest BCUT2D eigenvalue weighted by molar-refractivity contribution is -0.117. The summed E-state index contributed by atoms with van der Waals surface area (Å²) in [5.41, 5.74) is 0.832. The van der Waals surface area contributed by atoms with E-state index < -0.39 is 0 Å². The smallest absolute Gasteiger partial charge is 0.228 e. The van der Waals surface area contributed by atoms with Crippen LogP contribution in [-0.4, -0.2) is 17.4 Å². The number of carbonyl (C=O) groups excluding carboxylic acids is 1. The second kappa shape index (κ2) is 4.19. The number of anilines is 1. The fraction of sp³-hybridized carbons (Fsp3) is 0.273. The molecular formula is C11H9IN2O. The van der Waals surface area contributed by atoms with Gasteiger partial charge in [0.25, 0.3) is 0 Å². The first-order chi connectivity index (χ1) is 7.20. The van der Waals surface area contributed by atoms with Gasteiger partial charge in [0.1, 0.15) is 3.70 Å². The van der Waals surface area contributed by atoms with Crippen LogP contribution in [0.3, 0.4) is 0 Å². The van der Waals surface area contributed by atoms with E-state index in [1.165, 1.54) is 0 Å². The molecule has 0 N–H and O–H groups in total. The third kappa shape index (κ3) is 2.12. The fourth-order valence-electron chi connectivity index (χ4n) is 1.60. The topological polar surface area (TPSA) is 33.2 Å².